The molecule has 0 unspecified atom stereocenters. The summed E-state index contributed by atoms with van der Waals surface area (Å²) in [5, 5.41) is 8.45. The van der Waals surface area contributed by atoms with Gasteiger partial charge in [0.25, 0.3) is 0 Å². The largest absolute Gasteiger partial charge is 0.302 e. The lowest BCUT2D eigenvalue weighted by Gasteiger charge is -1.97. The van der Waals surface area contributed by atoms with Gasteiger partial charge in [0.05, 0.1) is 18.9 Å². The molecule has 0 aliphatic carbocycles. The highest BCUT2D eigenvalue weighted by Crippen LogP contribution is 2.10. The molecule has 1 aromatic carbocycles. The average Bonchev–Trinajstić information content (AvgIpc) is 2.23. The SMILES string of the molecule is N#CCc1cc(C#CCC=O)ccc1F. The Morgan fingerprint density at radius 2 is 2.27 bits per heavy atom. The van der Waals surface area contributed by atoms with Crippen molar-refractivity contribution in [1.29, 1.82) is 5.26 Å². The first kappa shape index (κ1) is 10.9. The van der Waals surface area contributed by atoms with Gasteiger partial charge >= 0.3 is 0 Å². The standard InChI is InChI=1S/C12H8FNO/c13-12-5-4-10(3-1-2-8-15)9-11(12)6-7-14/h4-5,8-9H,2,6H2. The van der Waals surface area contributed by atoms with Crippen LogP contribution >= 0.6 is 0 Å². The summed E-state index contributed by atoms with van der Waals surface area (Å²) in [7, 11) is 0. The summed E-state index contributed by atoms with van der Waals surface area (Å²) in [6.07, 6.45) is 0.882. The van der Waals surface area contributed by atoms with Crippen molar-refractivity contribution in [2.75, 3.05) is 0 Å². The van der Waals surface area contributed by atoms with Gasteiger partial charge in [0.2, 0.25) is 0 Å². The van der Waals surface area contributed by atoms with Gasteiger partial charge in [-0.15, -0.1) is 0 Å². The minimum atomic E-state index is -0.405. The predicted octanol–water partition coefficient (Wildman–Crippen LogP) is 1.83. The van der Waals surface area contributed by atoms with Gasteiger partial charge in [-0.05, 0) is 18.2 Å². The van der Waals surface area contributed by atoms with Gasteiger partial charge in [0, 0.05) is 11.1 Å². The molecule has 15 heavy (non-hydrogen) atoms. The maximum Gasteiger partial charge on any atom is 0.131 e. The van der Waals surface area contributed by atoms with E-state index in [0.717, 1.165) is 0 Å². The molecule has 0 aliphatic heterocycles. The molecular weight excluding hydrogens is 193 g/mol. The van der Waals surface area contributed by atoms with E-state index in [1.165, 1.54) is 18.2 Å². The molecule has 0 aromatic heterocycles. The molecule has 1 rings (SSSR count). The smallest absolute Gasteiger partial charge is 0.131 e. The number of halogens is 1. The number of hydrogen-bond acceptors (Lipinski definition) is 2. The van der Waals surface area contributed by atoms with Crippen molar-refractivity contribution in [2.24, 2.45) is 0 Å². The van der Waals surface area contributed by atoms with Crippen LogP contribution in [-0.2, 0) is 11.2 Å². The number of nitrogens with zero attached hydrogens (tertiary/aromatic N) is 1. The third kappa shape index (κ3) is 3.25. The quantitative estimate of drug-likeness (QED) is 0.541. The zero-order valence-corrected chi connectivity index (χ0v) is 7.96. The molecule has 0 bridgehead atoms. The number of carbonyl (C=O) groups is 1. The Bertz CT molecular complexity index is 463. The Kier molecular flexibility index (Phi) is 4.06. The van der Waals surface area contributed by atoms with Crippen molar-refractivity contribution in [3.8, 4) is 17.9 Å². The fraction of sp³-hybridized carbons (Fsp3) is 0.167. The van der Waals surface area contributed by atoms with E-state index < -0.39 is 5.82 Å². The van der Waals surface area contributed by atoms with Crippen LogP contribution in [0.1, 0.15) is 17.5 Å². The average molecular weight is 201 g/mol. The van der Waals surface area contributed by atoms with Gasteiger partial charge in [-0.2, -0.15) is 5.26 Å². The molecule has 0 fully saturated rings. The molecule has 2 nitrogen and oxygen atoms in total. The summed E-state index contributed by atoms with van der Waals surface area (Å²) < 4.78 is 13.1. The maximum absolute atomic E-state index is 13.1. The van der Waals surface area contributed by atoms with Crippen LogP contribution in [0.3, 0.4) is 0 Å². The number of rotatable bonds is 2. The number of carbonyl (C=O) groups excluding carboxylic acids is 1. The van der Waals surface area contributed by atoms with Crippen molar-refractivity contribution in [3.05, 3.63) is 35.1 Å². The zero-order valence-electron chi connectivity index (χ0n) is 7.96. The van der Waals surface area contributed by atoms with Crippen molar-refractivity contribution >= 4 is 6.29 Å². The summed E-state index contributed by atoms with van der Waals surface area (Å²) in [6.45, 7) is 0. The van der Waals surface area contributed by atoms with Gasteiger partial charge in [0.15, 0.2) is 0 Å². The van der Waals surface area contributed by atoms with Crippen LogP contribution in [0.4, 0.5) is 4.39 Å². The first-order valence-electron chi connectivity index (χ1n) is 4.36. The van der Waals surface area contributed by atoms with Crippen LogP contribution in [0.5, 0.6) is 0 Å². The normalized spacial score (nSPS) is 8.53. The monoisotopic (exact) mass is 201 g/mol. The van der Waals surface area contributed by atoms with Gasteiger partial charge in [-0.1, -0.05) is 11.8 Å². The van der Waals surface area contributed by atoms with E-state index in [1.54, 1.807) is 0 Å². The Morgan fingerprint density at radius 3 is 2.93 bits per heavy atom. The second-order valence-corrected chi connectivity index (χ2v) is 2.81. The number of aldehydes is 1. The van der Waals surface area contributed by atoms with Crippen molar-refractivity contribution in [1.82, 2.24) is 0 Å². The number of nitriles is 1. The second-order valence-electron chi connectivity index (χ2n) is 2.81. The van der Waals surface area contributed by atoms with Crippen LogP contribution in [0.15, 0.2) is 18.2 Å². The number of hydrogen-bond donors (Lipinski definition) is 0. The molecule has 3 heteroatoms. The highest BCUT2D eigenvalue weighted by atomic mass is 19.1. The molecule has 1 aromatic rings. The van der Waals surface area contributed by atoms with E-state index in [4.69, 9.17) is 5.26 Å². The van der Waals surface area contributed by atoms with Gasteiger partial charge in [0.1, 0.15) is 12.1 Å². The first-order valence-corrected chi connectivity index (χ1v) is 4.36. The molecule has 0 amide bonds. The van der Waals surface area contributed by atoms with E-state index in [0.29, 0.717) is 17.4 Å². The van der Waals surface area contributed by atoms with E-state index in [-0.39, 0.29) is 12.8 Å². The Morgan fingerprint density at radius 1 is 1.47 bits per heavy atom. The zero-order chi connectivity index (χ0) is 11.1. The van der Waals surface area contributed by atoms with Crippen LogP contribution in [0.2, 0.25) is 0 Å². The summed E-state index contributed by atoms with van der Waals surface area (Å²) >= 11 is 0. The fourth-order valence-electron chi connectivity index (χ4n) is 1.07. The Hall–Kier alpha value is -2.13. The molecule has 0 aliphatic rings. The Balaban J connectivity index is 2.94. The maximum atomic E-state index is 13.1. The second kappa shape index (κ2) is 5.57. The van der Waals surface area contributed by atoms with E-state index in [1.807, 2.05) is 6.07 Å². The molecule has 0 heterocycles. The molecule has 0 saturated carbocycles. The first-order chi connectivity index (χ1) is 7.27. The lowest BCUT2D eigenvalue weighted by Crippen LogP contribution is -1.89. The fourth-order valence-corrected chi connectivity index (χ4v) is 1.07. The molecule has 0 saturated heterocycles. The lowest BCUT2D eigenvalue weighted by molar-refractivity contribution is -0.107. The van der Waals surface area contributed by atoms with E-state index in [2.05, 4.69) is 11.8 Å². The predicted molar refractivity (Wildman–Crippen MR) is 53.3 cm³/mol. The summed E-state index contributed by atoms with van der Waals surface area (Å²) in [5.74, 6) is 4.93. The van der Waals surface area contributed by atoms with Crippen molar-refractivity contribution in [2.45, 2.75) is 12.8 Å². The lowest BCUT2D eigenvalue weighted by atomic mass is 10.1. The van der Waals surface area contributed by atoms with E-state index in [9.17, 15) is 9.18 Å². The van der Waals surface area contributed by atoms with Gasteiger partial charge in [-0.3, -0.25) is 0 Å². The highest BCUT2D eigenvalue weighted by Gasteiger charge is 2.01. The Labute approximate surface area is 87.3 Å². The minimum Gasteiger partial charge on any atom is -0.302 e. The summed E-state index contributed by atoms with van der Waals surface area (Å²) in [6, 6.07) is 6.20. The number of benzene rings is 1. The van der Waals surface area contributed by atoms with Crippen molar-refractivity contribution < 1.29 is 9.18 Å². The molecule has 0 N–H and O–H groups in total. The summed E-state index contributed by atoms with van der Waals surface area (Å²) in [4.78, 5) is 10.0. The molecule has 0 atom stereocenters. The molecular formula is C12H8FNO. The van der Waals surface area contributed by atoms with Gasteiger partial charge < -0.3 is 4.79 Å². The molecule has 0 radical (unpaired) electrons. The molecule has 0 spiro atoms. The third-order valence-corrected chi connectivity index (χ3v) is 1.73. The van der Waals surface area contributed by atoms with Crippen molar-refractivity contribution in [3.63, 3.8) is 0 Å². The van der Waals surface area contributed by atoms with Gasteiger partial charge in [-0.25, -0.2) is 4.39 Å². The third-order valence-electron chi connectivity index (χ3n) is 1.73. The topological polar surface area (TPSA) is 40.9 Å². The van der Waals surface area contributed by atoms with Crippen LogP contribution < -0.4 is 0 Å². The van der Waals surface area contributed by atoms with Crippen LogP contribution in [0, 0.1) is 29.0 Å². The van der Waals surface area contributed by atoms with Crippen LogP contribution in [0.25, 0.3) is 0 Å². The van der Waals surface area contributed by atoms with Crippen LogP contribution in [-0.4, -0.2) is 6.29 Å². The highest BCUT2D eigenvalue weighted by molar-refractivity contribution is 5.55. The molecule has 74 valence electrons. The summed E-state index contributed by atoms with van der Waals surface area (Å²) in [5.41, 5.74) is 0.943. The minimum absolute atomic E-state index is 0.0229. The van der Waals surface area contributed by atoms with E-state index >= 15 is 0 Å².